The van der Waals surface area contributed by atoms with Crippen LogP contribution in [-0.2, 0) is 6.42 Å². The number of ether oxygens (including phenoxy) is 2. The Morgan fingerprint density at radius 3 is 2.44 bits per heavy atom. The summed E-state index contributed by atoms with van der Waals surface area (Å²) in [6.45, 7) is 0. The molecule has 128 valence electrons. The van der Waals surface area contributed by atoms with E-state index in [0.29, 0.717) is 23.6 Å². The quantitative estimate of drug-likeness (QED) is 0.718. The first-order chi connectivity index (χ1) is 12.2. The Morgan fingerprint density at radius 1 is 1.00 bits per heavy atom. The molecule has 2 aromatic carbocycles. The van der Waals surface area contributed by atoms with Crippen LogP contribution in [0.2, 0.25) is 0 Å². The number of anilines is 2. The summed E-state index contributed by atoms with van der Waals surface area (Å²) >= 11 is 0. The van der Waals surface area contributed by atoms with Crippen molar-refractivity contribution >= 4 is 11.6 Å². The highest BCUT2D eigenvalue weighted by atomic mass is 16.5. The van der Waals surface area contributed by atoms with Crippen molar-refractivity contribution in [1.82, 2.24) is 15.2 Å². The number of hydrogen-bond donors (Lipinski definition) is 2. The predicted molar refractivity (Wildman–Crippen MR) is 94.7 cm³/mol. The first-order valence-electron chi connectivity index (χ1n) is 7.68. The van der Waals surface area contributed by atoms with Crippen molar-refractivity contribution < 1.29 is 9.47 Å². The van der Waals surface area contributed by atoms with Crippen molar-refractivity contribution in [2.24, 2.45) is 0 Å². The van der Waals surface area contributed by atoms with Crippen LogP contribution in [0.1, 0.15) is 11.3 Å². The Labute approximate surface area is 144 Å². The Kier molecular flexibility index (Phi) is 4.94. The van der Waals surface area contributed by atoms with Gasteiger partial charge in [0.15, 0.2) is 0 Å². The first kappa shape index (κ1) is 16.5. The number of nitrogens with zero attached hydrogens (tertiary/aromatic N) is 2. The molecule has 25 heavy (non-hydrogen) atoms. The molecule has 0 unspecified atom stereocenters. The largest absolute Gasteiger partial charge is 0.497 e. The monoisotopic (exact) mass is 338 g/mol. The van der Waals surface area contributed by atoms with E-state index < -0.39 is 0 Å². The Balaban J connectivity index is 1.77. The van der Waals surface area contributed by atoms with E-state index in [2.05, 4.69) is 20.5 Å². The highest BCUT2D eigenvalue weighted by molar-refractivity contribution is 5.61. The highest BCUT2D eigenvalue weighted by Gasteiger charge is 2.08. The van der Waals surface area contributed by atoms with Crippen molar-refractivity contribution in [2.75, 3.05) is 19.5 Å². The van der Waals surface area contributed by atoms with Crippen molar-refractivity contribution in [3.05, 3.63) is 70.1 Å². The van der Waals surface area contributed by atoms with Crippen LogP contribution in [0.4, 0.5) is 11.6 Å². The van der Waals surface area contributed by atoms with Gasteiger partial charge in [0.05, 0.1) is 19.9 Å². The lowest BCUT2D eigenvalue weighted by atomic mass is 10.1. The fourth-order valence-corrected chi connectivity index (χ4v) is 2.34. The molecule has 0 radical (unpaired) electrons. The van der Waals surface area contributed by atoms with Crippen molar-refractivity contribution in [1.29, 1.82) is 0 Å². The number of hydrogen-bond acceptors (Lipinski definition) is 6. The molecule has 0 amide bonds. The van der Waals surface area contributed by atoms with E-state index in [1.54, 1.807) is 14.2 Å². The van der Waals surface area contributed by atoms with E-state index in [-0.39, 0.29) is 11.5 Å². The van der Waals surface area contributed by atoms with Gasteiger partial charge in [0.25, 0.3) is 5.56 Å². The summed E-state index contributed by atoms with van der Waals surface area (Å²) in [5, 5.41) is 11.1. The van der Waals surface area contributed by atoms with Crippen molar-refractivity contribution in [3.63, 3.8) is 0 Å². The molecule has 0 saturated heterocycles. The SMILES string of the molecule is COc1ccc(Cc2nnc(Nc3ccccc3OC)[nH]c2=O)cc1. The van der Waals surface area contributed by atoms with Crippen LogP contribution in [0.3, 0.4) is 0 Å². The van der Waals surface area contributed by atoms with Crippen molar-refractivity contribution in [2.45, 2.75) is 6.42 Å². The fraction of sp³-hybridized carbons (Fsp3) is 0.167. The summed E-state index contributed by atoms with van der Waals surface area (Å²) in [7, 11) is 3.19. The van der Waals surface area contributed by atoms with E-state index in [1.165, 1.54) is 0 Å². The third-order valence-electron chi connectivity index (χ3n) is 3.66. The molecule has 0 aliphatic carbocycles. The number of aromatic amines is 1. The molecule has 1 heterocycles. The lowest BCUT2D eigenvalue weighted by Crippen LogP contribution is -2.19. The second-order valence-electron chi connectivity index (χ2n) is 5.30. The minimum atomic E-state index is -0.289. The second kappa shape index (κ2) is 7.48. The van der Waals surface area contributed by atoms with Crippen LogP contribution in [-0.4, -0.2) is 29.4 Å². The minimum absolute atomic E-state index is 0.257. The average molecular weight is 338 g/mol. The molecule has 0 spiro atoms. The molecule has 2 N–H and O–H groups in total. The molecule has 1 aromatic heterocycles. The molecule has 0 bridgehead atoms. The summed E-state index contributed by atoms with van der Waals surface area (Å²) < 4.78 is 10.4. The highest BCUT2D eigenvalue weighted by Crippen LogP contribution is 2.24. The number of methoxy groups -OCH3 is 2. The number of para-hydroxylation sites is 2. The zero-order valence-corrected chi connectivity index (χ0v) is 13.9. The molecule has 0 aliphatic rings. The lowest BCUT2D eigenvalue weighted by molar-refractivity contribution is 0.414. The van der Waals surface area contributed by atoms with Gasteiger partial charge in [-0.25, -0.2) is 0 Å². The summed E-state index contributed by atoms with van der Waals surface area (Å²) in [4.78, 5) is 15.0. The Morgan fingerprint density at radius 2 is 1.76 bits per heavy atom. The van der Waals surface area contributed by atoms with Gasteiger partial charge in [-0.3, -0.25) is 9.78 Å². The smallest absolute Gasteiger partial charge is 0.274 e. The van der Waals surface area contributed by atoms with Gasteiger partial charge >= 0.3 is 0 Å². The molecule has 3 aromatic rings. The number of H-pyrrole nitrogens is 1. The van der Waals surface area contributed by atoms with E-state index in [9.17, 15) is 4.79 Å². The number of rotatable bonds is 6. The number of aromatic nitrogens is 3. The molecule has 3 rings (SSSR count). The summed E-state index contributed by atoms with van der Waals surface area (Å²) in [5.74, 6) is 1.67. The zero-order valence-electron chi connectivity index (χ0n) is 13.9. The molecule has 0 saturated carbocycles. The third-order valence-corrected chi connectivity index (χ3v) is 3.66. The maximum absolute atomic E-state index is 12.3. The molecule has 7 nitrogen and oxygen atoms in total. The standard InChI is InChI=1S/C18H18N4O3/c1-24-13-9-7-12(8-10-13)11-15-17(23)20-18(22-21-15)19-14-5-3-4-6-16(14)25-2/h3-10H,11H2,1-2H3,(H2,19,20,22,23). The van der Waals surface area contributed by atoms with Crippen LogP contribution in [0, 0.1) is 0 Å². The number of nitrogens with one attached hydrogen (secondary N) is 2. The fourth-order valence-electron chi connectivity index (χ4n) is 2.34. The van der Waals surface area contributed by atoms with Gasteiger partial charge in [0.1, 0.15) is 17.2 Å². The van der Waals surface area contributed by atoms with Gasteiger partial charge in [0, 0.05) is 6.42 Å². The Bertz CT molecular complexity index is 907. The minimum Gasteiger partial charge on any atom is -0.497 e. The van der Waals surface area contributed by atoms with Gasteiger partial charge < -0.3 is 14.8 Å². The molecule has 0 aliphatic heterocycles. The van der Waals surface area contributed by atoms with Gasteiger partial charge in [-0.2, -0.15) is 0 Å². The lowest BCUT2D eigenvalue weighted by Gasteiger charge is -2.09. The van der Waals surface area contributed by atoms with Crippen LogP contribution in [0.25, 0.3) is 0 Å². The molecular formula is C18H18N4O3. The van der Waals surface area contributed by atoms with Gasteiger partial charge in [0.2, 0.25) is 5.95 Å². The summed E-state index contributed by atoms with van der Waals surface area (Å²) in [5.41, 5.74) is 1.70. The second-order valence-corrected chi connectivity index (χ2v) is 5.30. The zero-order chi connectivity index (χ0) is 17.6. The maximum Gasteiger partial charge on any atom is 0.274 e. The van der Waals surface area contributed by atoms with Crippen LogP contribution in [0.15, 0.2) is 53.3 Å². The van der Waals surface area contributed by atoms with E-state index >= 15 is 0 Å². The molecular weight excluding hydrogens is 320 g/mol. The van der Waals surface area contributed by atoms with Crippen molar-refractivity contribution in [3.8, 4) is 11.5 Å². The first-order valence-corrected chi connectivity index (χ1v) is 7.68. The van der Waals surface area contributed by atoms with Gasteiger partial charge in [-0.1, -0.05) is 24.3 Å². The molecule has 7 heteroatoms. The topological polar surface area (TPSA) is 89.1 Å². The molecule has 0 atom stereocenters. The summed E-state index contributed by atoms with van der Waals surface area (Å²) in [6, 6.07) is 14.8. The Hall–Kier alpha value is -3.35. The normalized spacial score (nSPS) is 10.3. The summed E-state index contributed by atoms with van der Waals surface area (Å²) in [6.07, 6.45) is 0.390. The van der Waals surface area contributed by atoms with E-state index in [4.69, 9.17) is 9.47 Å². The van der Waals surface area contributed by atoms with Gasteiger partial charge in [-0.15, -0.1) is 10.2 Å². The van der Waals surface area contributed by atoms with E-state index in [0.717, 1.165) is 11.3 Å². The number of benzene rings is 2. The van der Waals surface area contributed by atoms with Crippen LogP contribution >= 0.6 is 0 Å². The van der Waals surface area contributed by atoms with Crippen LogP contribution < -0.4 is 20.3 Å². The predicted octanol–water partition coefficient (Wildman–Crippen LogP) is 2.52. The van der Waals surface area contributed by atoms with Crippen LogP contribution in [0.5, 0.6) is 11.5 Å². The molecule has 0 fully saturated rings. The average Bonchev–Trinajstić information content (AvgIpc) is 2.65. The van der Waals surface area contributed by atoms with E-state index in [1.807, 2.05) is 48.5 Å². The third kappa shape index (κ3) is 3.95. The maximum atomic E-state index is 12.3. The van der Waals surface area contributed by atoms with Gasteiger partial charge in [-0.05, 0) is 29.8 Å².